The average molecular weight is 336 g/mol. The largest absolute Gasteiger partial charge is 0.361 e. The molecule has 0 saturated carbocycles. The van der Waals surface area contributed by atoms with Crippen LogP contribution >= 0.6 is 0 Å². The molecule has 3 aromatic rings. The van der Waals surface area contributed by atoms with Gasteiger partial charge in [0.15, 0.2) is 0 Å². The van der Waals surface area contributed by atoms with Gasteiger partial charge in [-0.25, -0.2) is 4.98 Å². The summed E-state index contributed by atoms with van der Waals surface area (Å²) in [7, 11) is 0. The third-order valence-corrected chi connectivity index (χ3v) is 4.64. The number of nitrogens with zero attached hydrogens (tertiary/aromatic N) is 4. The Labute approximate surface area is 145 Å². The molecule has 0 radical (unpaired) electrons. The molecule has 1 atom stereocenters. The molecule has 1 aromatic carbocycles. The van der Waals surface area contributed by atoms with Crippen LogP contribution in [0.5, 0.6) is 0 Å². The van der Waals surface area contributed by atoms with E-state index in [4.69, 9.17) is 4.52 Å². The molecular formula is C19H20N4O2. The normalized spacial score (nSPS) is 17.6. The molecule has 6 heteroatoms. The van der Waals surface area contributed by atoms with Crippen molar-refractivity contribution in [1.29, 1.82) is 0 Å². The number of hydrogen-bond donors (Lipinski definition) is 0. The van der Waals surface area contributed by atoms with Gasteiger partial charge in [0.2, 0.25) is 0 Å². The van der Waals surface area contributed by atoms with Crippen LogP contribution in [0, 0.1) is 0 Å². The first kappa shape index (κ1) is 15.7. The lowest BCUT2D eigenvalue weighted by molar-refractivity contribution is 0.0725. The summed E-state index contributed by atoms with van der Waals surface area (Å²) in [6.07, 6.45) is 3.39. The molecule has 0 bridgehead atoms. The van der Waals surface area contributed by atoms with E-state index in [0.29, 0.717) is 12.2 Å². The SMILES string of the molecule is CC(C)c1cc(C2CCCN2C(=O)c2cnc3ccccc3n2)no1. The van der Waals surface area contributed by atoms with Crippen LogP contribution in [0.15, 0.2) is 41.1 Å². The number of benzene rings is 1. The monoisotopic (exact) mass is 336 g/mol. The van der Waals surface area contributed by atoms with Crippen molar-refractivity contribution in [2.75, 3.05) is 6.54 Å². The lowest BCUT2D eigenvalue weighted by Crippen LogP contribution is -2.31. The van der Waals surface area contributed by atoms with Gasteiger partial charge < -0.3 is 9.42 Å². The van der Waals surface area contributed by atoms with Crippen molar-refractivity contribution >= 4 is 16.9 Å². The highest BCUT2D eigenvalue weighted by atomic mass is 16.5. The maximum Gasteiger partial charge on any atom is 0.274 e. The number of hydrogen-bond acceptors (Lipinski definition) is 5. The van der Waals surface area contributed by atoms with E-state index in [1.807, 2.05) is 35.2 Å². The van der Waals surface area contributed by atoms with Gasteiger partial charge in [0, 0.05) is 18.5 Å². The van der Waals surface area contributed by atoms with Crippen molar-refractivity contribution in [2.45, 2.75) is 38.6 Å². The van der Waals surface area contributed by atoms with E-state index >= 15 is 0 Å². The molecule has 6 nitrogen and oxygen atoms in total. The molecule has 128 valence electrons. The van der Waals surface area contributed by atoms with Crippen LogP contribution in [-0.2, 0) is 0 Å². The fourth-order valence-corrected chi connectivity index (χ4v) is 3.26. The van der Waals surface area contributed by atoms with Crippen LogP contribution < -0.4 is 0 Å². The summed E-state index contributed by atoms with van der Waals surface area (Å²) in [4.78, 5) is 23.7. The Kier molecular flexibility index (Phi) is 3.95. The molecule has 25 heavy (non-hydrogen) atoms. The number of carbonyl (C=O) groups is 1. The van der Waals surface area contributed by atoms with Gasteiger partial charge >= 0.3 is 0 Å². The third-order valence-electron chi connectivity index (χ3n) is 4.64. The van der Waals surface area contributed by atoms with E-state index < -0.39 is 0 Å². The van der Waals surface area contributed by atoms with Gasteiger partial charge in [0.05, 0.1) is 23.3 Å². The van der Waals surface area contributed by atoms with Gasteiger partial charge in [-0.2, -0.15) is 0 Å². The fraction of sp³-hybridized carbons (Fsp3) is 0.368. The highest BCUT2D eigenvalue weighted by Crippen LogP contribution is 2.33. The molecule has 0 aliphatic carbocycles. The number of rotatable bonds is 3. The standard InChI is InChI=1S/C19H20N4O2/c1-12(2)18-10-15(22-25-18)17-8-5-9-23(17)19(24)16-11-20-13-6-3-4-7-14(13)21-16/h3-4,6-7,10-12,17H,5,8-9H2,1-2H3. The average Bonchev–Trinajstić information content (AvgIpc) is 3.29. The number of para-hydroxylation sites is 2. The molecule has 0 N–H and O–H groups in total. The smallest absolute Gasteiger partial charge is 0.274 e. The van der Waals surface area contributed by atoms with Crippen LogP contribution in [0.1, 0.15) is 60.6 Å². The highest BCUT2D eigenvalue weighted by molar-refractivity contribution is 5.94. The van der Waals surface area contributed by atoms with E-state index in [9.17, 15) is 4.79 Å². The summed E-state index contributed by atoms with van der Waals surface area (Å²) < 4.78 is 5.41. The zero-order valence-corrected chi connectivity index (χ0v) is 14.3. The van der Waals surface area contributed by atoms with Crippen molar-refractivity contribution in [3.63, 3.8) is 0 Å². The predicted octanol–water partition coefficient (Wildman–Crippen LogP) is 3.72. The Morgan fingerprint density at radius 3 is 2.84 bits per heavy atom. The molecular weight excluding hydrogens is 316 g/mol. The topological polar surface area (TPSA) is 72.1 Å². The summed E-state index contributed by atoms with van der Waals surface area (Å²) >= 11 is 0. The minimum absolute atomic E-state index is 0.0583. The first-order valence-electron chi connectivity index (χ1n) is 8.63. The molecule has 4 rings (SSSR count). The summed E-state index contributed by atoms with van der Waals surface area (Å²) in [5.41, 5.74) is 2.71. The molecule has 1 aliphatic heterocycles. The molecule has 1 fully saturated rings. The summed E-state index contributed by atoms with van der Waals surface area (Å²) in [6, 6.07) is 9.47. The predicted molar refractivity (Wildman–Crippen MR) is 93.1 cm³/mol. The van der Waals surface area contributed by atoms with Crippen LogP contribution in [0.4, 0.5) is 0 Å². The van der Waals surface area contributed by atoms with Crippen molar-refractivity contribution < 1.29 is 9.32 Å². The molecule has 2 aromatic heterocycles. The van der Waals surface area contributed by atoms with E-state index in [0.717, 1.165) is 35.3 Å². The lowest BCUT2D eigenvalue weighted by atomic mass is 10.1. The van der Waals surface area contributed by atoms with Gasteiger partial charge in [0.1, 0.15) is 17.1 Å². The minimum Gasteiger partial charge on any atom is -0.361 e. The van der Waals surface area contributed by atoms with Crippen molar-refractivity contribution in [1.82, 2.24) is 20.0 Å². The molecule has 1 saturated heterocycles. The zero-order valence-electron chi connectivity index (χ0n) is 14.3. The van der Waals surface area contributed by atoms with Crippen molar-refractivity contribution in [3.05, 3.63) is 53.7 Å². The van der Waals surface area contributed by atoms with Crippen molar-refractivity contribution in [3.8, 4) is 0 Å². The number of fused-ring (bicyclic) bond motifs is 1. The zero-order chi connectivity index (χ0) is 17.4. The minimum atomic E-state index is -0.102. The van der Waals surface area contributed by atoms with E-state index in [1.54, 1.807) is 6.20 Å². The number of amides is 1. The van der Waals surface area contributed by atoms with Crippen LogP contribution in [0.25, 0.3) is 11.0 Å². The number of likely N-dealkylation sites (tertiary alicyclic amines) is 1. The Hall–Kier alpha value is -2.76. The maximum atomic E-state index is 13.0. The van der Waals surface area contributed by atoms with E-state index in [-0.39, 0.29) is 17.9 Å². The second-order valence-electron chi connectivity index (χ2n) is 6.71. The molecule has 3 heterocycles. The molecule has 0 spiro atoms. The van der Waals surface area contributed by atoms with Crippen LogP contribution in [0.2, 0.25) is 0 Å². The molecule has 1 aliphatic rings. The fourth-order valence-electron chi connectivity index (χ4n) is 3.26. The second-order valence-corrected chi connectivity index (χ2v) is 6.71. The van der Waals surface area contributed by atoms with Gasteiger partial charge in [-0.1, -0.05) is 31.1 Å². The maximum absolute atomic E-state index is 13.0. The van der Waals surface area contributed by atoms with Gasteiger partial charge in [-0.05, 0) is 25.0 Å². The number of carbonyl (C=O) groups excluding carboxylic acids is 1. The number of aromatic nitrogens is 3. The Bertz CT molecular complexity index is 918. The summed E-state index contributed by atoms with van der Waals surface area (Å²) in [5, 5.41) is 4.19. The first-order valence-corrected chi connectivity index (χ1v) is 8.63. The van der Waals surface area contributed by atoms with Gasteiger partial charge in [-0.15, -0.1) is 0 Å². The summed E-state index contributed by atoms with van der Waals surface area (Å²) in [6.45, 7) is 4.82. The Balaban J connectivity index is 1.63. The quantitative estimate of drug-likeness (QED) is 0.729. The lowest BCUT2D eigenvalue weighted by Gasteiger charge is -2.22. The third kappa shape index (κ3) is 2.88. The Morgan fingerprint density at radius 2 is 2.08 bits per heavy atom. The molecule has 1 amide bonds. The Morgan fingerprint density at radius 1 is 1.28 bits per heavy atom. The first-order chi connectivity index (χ1) is 12.1. The molecule has 1 unspecified atom stereocenters. The van der Waals surface area contributed by atoms with Gasteiger partial charge in [0.25, 0.3) is 5.91 Å². The van der Waals surface area contributed by atoms with Crippen molar-refractivity contribution in [2.24, 2.45) is 0 Å². The van der Waals surface area contributed by atoms with Gasteiger partial charge in [-0.3, -0.25) is 9.78 Å². The second kappa shape index (κ2) is 6.27. The van der Waals surface area contributed by atoms with E-state index in [1.165, 1.54) is 0 Å². The van der Waals surface area contributed by atoms with Crippen LogP contribution in [0.3, 0.4) is 0 Å². The van der Waals surface area contributed by atoms with E-state index in [2.05, 4.69) is 29.0 Å². The van der Waals surface area contributed by atoms with Crippen LogP contribution in [-0.4, -0.2) is 32.5 Å². The summed E-state index contributed by atoms with van der Waals surface area (Å²) in [5.74, 6) is 1.02. The highest BCUT2D eigenvalue weighted by Gasteiger charge is 2.33.